The van der Waals surface area contributed by atoms with E-state index in [0.29, 0.717) is 5.92 Å². The molecule has 1 aliphatic heterocycles. The number of rotatable bonds is 4. The molecule has 2 heterocycles. The van der Waals surface area contributed by atoms with E-state index in [1.54, 1.807) is 0 Å². The first-order chi connectivity index (χ1) is 9.74. The maximum atomic E-state index is 5.79. The standard InChI is InChI=1S/C14H19N5O/c1-10-8-12(15)2-3-13(10)14-16-17-18-19(14)6-4-11-5-7-20-9-11/h2-3,8,11H,4-7,9,15H2,1H3. The van der Waals surface area contributed by atoms with Crippen molar-refractivity contribution >= 4 is 5.69 Å². The molecule has 106 valence electrons. The minimum atomic E-state index is 0.625. The number of benzene rings is 1. The number of aromatic nitrogens is 4. The fraction of sp³-hybridized carbons (Fsp3) is 0.500. The van der Waals surface area contributed by atoms with Gasteiger partial charge in [0.1, 0.15) is 0 Å². The lowest BCUT2D eigenvalue weighted by Crippen LogP contribution is -2.09. The summed E-state index contributed by atoms with van der Waals surface area (Å²) in [6.45, 7) is 4.58. The third kappa shape index (κ3) is 2.65. The SMILES string of the molecule is Cc1cc(N)ccc1-c1nnnn1CCC1CCOC1. The first-order valence-corrected chi connectivity index (χ1v) is 6.94. The summed E-state index contributed by atoms with van der Waals surface area (Å²) in [7, 11) is 0. The molecule has 0 spiro atoms. The van der Waals surface area contributed by atoms with Crippen LogP contribution in [0.5, 0.6) is 0 Å². The van der Waals surface area contributed by atoms with Gasteiger partial charge in [-0.3, -0.25) is 0 Å². The van der Waals surface area contributed by atoms with Gasteiger partial charge in [0.05, 0.1) is 0 Å². The van der Waals surface area contributed by atoms with Gasteiger partial charge in [-0.05, 0) is 59.9 Å². The molecule has 1 atom stereocenters. The van der Waals surface area contributed by atoms with Crippen molar-refractivity contribution in [2.24, 2.45) is 5.92 Å². The van der Waals surface area contributed by atoms with Crippen LogP contribution in [-0.4, -0.2) is 33.4 Å². The molecule has 20 heavy (non-hydrogen) atoms. The van der Waals surface area contributed by atoms with E-state index in [4.69, 9.17) is 10.5 Å². The summed E-state index contributed by atoms with van der Waals surface area (Å²) in [6.07, 6.45) is 2.18. The molecule has 0 aliphatic carbocycles. The fourth-order valence-electron chi connectivity index (χ4n) is 2.60. The molecule has 0 bridgehead atoms. The van der Waals surface area contributed by atoms with Crippen LogP contribution in [0, 0.1) is 12.8 Å². The van der Waals surface area contributed by atoms with Crippen LogP contribution in [0.3, 0.4) is 0 Å². The molecule has 2 N–H and O–H groups in total. The Labute approximate surface area is 117 Å². The number of tetrazole rings is 1. The van der Waals surface area contributed by atoms with Crippen molar-refractivity contribution in [3.05, 3.63) is 23.8 Å². The maximum Gasteiger partial charge on any atom is 0.182 e. The van der Waals surface area contributed by atoms with Crippen molar-refractivity contribution in [2.75, 3.05) is 18.9 Å². The molecule has 6 nitrogen and oxygen atoms in total. The summed E-state index contributed by atoms with van der Waals surface area (Å²) < 4.78 is 7.27. The van der Waals surface area contributed by atoms with E-state index >= 15 is 0 Å². The Morgan fingerprint density at radius 2 is 2.35 bits per heavy atom. The number of hydrogen-bond acceptors (Lipinski definition) is 5. The monoisotopic (exact) mass is 273 g/mol. The quantitative estimate of drug-likeness (QED) is 0.857. The van der Waals surface area contributed by atoms with E-state index < -0.39 is 0 Å². The number of nitrogens with two attached hydrogens (primary N) is 1. The molecule has 1 aromatic heterocycles. The highest BCUT2D eigenvalue weighted by molar-refractivity contribution is 5.63. The van der Waals surface area contributed by atoms with Gasteiger partial charge in [-0.1, -0.05) is 0 Å². The van der Waals surface area contributed by atoms with Gasteiger partial charge in [0, 0.05) is 31.0 Å². The fourth-order valence-corrected chi connectivity index (χ4v) is 2.60. The summed E-state index contributed by atoms with van der Waals surface area (Å²) in [5.41, 5.74) is 8.67. The van der Waals surface area contributed by atoms with E-state index in [0.717, 1.165) is 55.2 Å². The molecule has 2 aromatic rings. The van der Waals surface area contributed by atoms with E-state index in [9.17, 15) is 0 Å². The normalized spacial score (nSPS) is 18.6. The number of hydrogen-bond donors (Lipinski definition) is 1. The second-order valence-electron chi connectivity index (χ2n) is 5.32. The van der Waals surface area contributed by atoms with Crippen molar-refractivity contribution in [3.8, 4) is 11.4 Å². The van der Waals surface area contributed by atoms with Crippen LogP contribution in [0.4, 0.5) is 5.69 Å². The zero-order valence-electron chi connectivity index (χ0n) is 11.6. The Kier molecular flexibility index (Phi) is 3.64. The summed E-state index contributed by atoms with van der Waals surface area (Å²) in [5.74, 6) is 1.43. The minimum Gasteiger partial charge on any atom is -0.399 e. The predicted molar refractivity (Wildman–Crippen MR) is 75.9 cm³/mol. The largest absolute Gasteiger partial charge is 0.399 e. The van der Waals surface area contributed by atoms with Crippen molar-refractivity contribution in [3.63, 3.8) is 0 Å². The van der Waals surface area contributed by atoms with E-state index in [-0.39, 0.29) is 0 Å². The molecular weight excluding hydrogens is 254 g/mol. The Bertz CT molecular complexity index is 589. The van der Waals surface area contributed by atoms with E-state index in [1.807, 2.05) is 29.8 Å². The number of nitrogens with zero attached hydrogens (tertiary/aromatic N) is 4. The lowest BCUT2D eigenvalue weighted by Gasteiger charge is -2.10. The average Bonchev–Trinajstić information content (AvgIpc) is 3.07. The highest BCUT2D eigenvalue weighted by Gasteiger charge is 2.17. The first kappa shape index (κ1) is 13.1. The summed E-state index contributed by atoms with van der Waals surface area (Å²) >= 11 is 0. The third-order valence-electron chi connectivity index (χ3n) is 3.80. The minimum absolute atomic E-state index is 0.625. The van der Waals surface area contributed by atoms with Crippen LogP contribution >= 0.6 is 0 Å². The number of nitrogen functional groups attached to an aromatic ring is 1. The summed E-state index contributed by atoms with van der Waals surface area (Å²) in [4.78, 5) is 0. The van der Waals surface area contributed by atoms with Crippen molar-refractivity contribution in [2.45, 2.75) is 26.3 Å². The molecule has 0 radical (unpaired) electrons. The molecule has 6 heteroatoms. The zero-order chi connectivity index (χ0) is 13.9. The van der Waals surface area contributed by atoms with Crippen LogP contribution in [0.25, 0.3) is 11.4 Å². The molecule has 0 amide bonds. The van der Waals surface area contributed by atoms with E-state index in [1.165, 1.54) is 0 Å². The molecule has 1 aromatic carbocycles. The third-order valence-corrected chi connectivity index (χ3v) is 3.80. The van der Waals surface area contributed by atoms with Crippen LogP contribution in [0.2, 0.25) is 0 Å². The number of anilines is 1. The Morgan fingerprint density at radius 1 is 1.45 bits per heavy atom. The van der Waals surface area contributed by atoms with E-state index in [2.05, 4.69) is 15.5 Å². The lowest BCUT2D eigenvalue weighted by molar-refractivity contribution is 0.183. The van der Waals surface area contributed by atoms with Crippen molar-refractivity contribution in [1.29, 1.82) is 0 Å². The summed E-state index contributed by atoms with van der Waals surface area (Å²) in [6, 6.07) is 5.80. The van der Waals surface area contributed by atoms with Crippen LogP contribution in [0.15, 0.2) is 18.2 Å². The van der Waals surface area contributed by atoms with Crippen molar-refractivity contribution < 1.29 is 4.74 Å². The van der Waals surface area contributed by atoms with Crippen LogP contribution < -0.4 is 5.73 Å². The summed E-state index contributed by atoms with van der Waals surface area (Å²) in [5, 5.41) is 12.1. The number of aryl methyl sites for hydroxylation is 2. The Balaban J connectivity index is 1.78. The van der Waals surface area contributed by atoms with Crippen LogP contribution in [-0.2, 0) is 11.3 Å². The van der Waals surface area contributed by atoms with Gasteiger partial charge in [-0.25, -0.2) is 4.68 Å². The topological polar surface area (TPSA) is 78.9 Å². The van der Waals surface area contributed by atoms with Crippen molar-refractivity contribution in [1.82, 2.24) is 20.2 Å². The highest BCUT2D eigenvalue weighted by Crippen LogP contribution is 2.24. The Morgan fingerprint density at radius 3 is 3.10 bits per heavy atom. The second kappa shape index (κ2) is 5.58. The molecule has 0 saturated carbocycles. The van der Waals surface area contributed by atoms with Gasteiger partial charge < -0.3 is 10.5 Å². The lowest BCUT2D eigenvalue weighted by atomic mass is 10.0. The van der Waals surface area contributed by atoms with Gasteiger partial charge in [-0.15, -0.1) is 5.10 Å². The van der Waals surface area contributed by atoms with Crippen LogP contribution in [0.1, 0.15) is 18.4 Å². The smallest absolute Gasteiger partial charge is 0.182 e. The molecular formula is C14H19N5O. The zero-order valence-corrected chi connectivity index (χ0v) is 11.6. The van der Waals surface area contributed by atoms with Gasteiger partial charge >= 0.3 is 0 Å². The maximum absolute atomic E-state index is 5.79. The molecule has 1 aliphatic rings. The van der Waals surface area contributed by atoms with Gasteiger partial charge in [-0.2, -0.15) is 0 Å². The molecule has 3 rings (SSSR count). The predicted octanol–water partition coefficient (Wildman–Crippen LogP) is 1.66. The molecule has 1 saturated heterocycles. The number of ether oxygens (including phenoxy) is 1. The average molecular weight is 273 g/mol. The molecule has 1 fully saturated rings. The van der Waals surface area contributed by atoms with Gasteiger partial charge in [0.15, 0.2) is 5.82 Å². The van der Waals surface area contributed by atoms with Gasteiger partial charge in [0.25, 0.3) is 0 Å². The highest BCUT2D eigenvalue weighted by atomic mass is 16.5. The molecule has 1 unspecified atom stereocenters. The van der Waals surface area contributed by atoms with Gasteiger partial charge in [0.2, 0.25) is 0 Å². The Hall–Kier alpha value is -1.95. The first-order valence-electron chi connectivity index (χ1n) is 6.94. The second-order valence-corrected chi connectivity index (χ2v) is 5.32.